The Morgan fingerprint density at radius 2 is 1.85 bits per heavy atom. The van der Waals surface area contributed by atoms with Gasteiger partial charge in [-0.2, -0.15) is 0 Å². The molecular weight excluding hydrogens is 330 g/mol. The minimum absolute atomic E-state index is 0.239. The number of nitrogens with zero attached hydrogens (tertiary/aromatic N) is 1. The maximum Gasteiger partial charge on any atom is 0.315 e. The fraction of sp³-hybridized carbons (Fsp3) is 0.300. The first kappa shape index (κ1) is 19.1. The Hall–Kier alpha value is -3.20. The van der Waals surface area contributed by atoms with Crippen LogP contribution in [0.2, 0.25) is 0 Å². The normalized spacial score (nSPS) is 9.62. The van der Waals surface area contributed by atoms with Gasteiger partial charge in [-0.3, -0.25) is 4.98 Å². The number of hydrogen-bond donors (Lipinski definition) is 2. The average molecular weight is 353 g/mol. The van der Waals surface area contributed by atoms with Crippen molar-refractivity contribution in [3.05, 3.63) is 53.9 Å². The number of carbonyl (C=O) groups excluding carboxylic acids is 1. The van der Waals surface area contributed by atoms with Gasteiger partial charge >= 0.3 is 6.03 Å². The largest absolute Gasteiger partial charge is 0.497 e. The summed E-state index contributed by atoms with van der Waals surface area (Å²) in [6, 6.07) is 11.2. The molecule has 26 heavy (non-hydrogen) atoms. The SMILES string of the molecule is COc1ccc(CCNC(=O)NCC#CCOc2ccc(C)nc2)cc1. The molecular formula is C20H23N3O3. The number of pyridine rings is 1. The molecule has 2 amide bonds. The number of amides is 2. The molecule has 0 aliphatic carbocycles. The van der Waals surface area contributed by atoms with E-state index in [0.717, 1.165) is 23.4 Å². The molecule has 0 aliphatic rings. The van der Waals surface area contributed by atoms with Crippen molar-refractivity contribution in [1.82, 2.24) is 15.6 Å². The number of benzene rings is 1. The van der Waals surface area contributed by atoms with E-state index in [1.165, 1.54) is 0 Å². The summed E-state index contributed by atoms with van der Waals surface area (Å²) in [6.07, 6.45) is 2.41. The Bertz CT molecular complexity index is 747. The van der Waals surface area contributed by atoms with Gasteiger partial charge in [0.1, 0.15) is 18.1 Å². The van der Waals surface area contributed by atoms with Gasteiger partial charge in [-0.1, -0.05) is 24.0 Å². The Balaban J connectivity index is 1.56. The maximum absolute atomic E-state index is 11.7. The Kier molecular flexibility index (Phi) is 7.81. The average Bonchev–Trinajstić information content (AvgIpc) is 2.66. The van der Waals surface area contributed by atoms with Crippen LogP contribution in [0, 0.1) is 18.8 Å². The Labute approximate surface area is 153 Å². The molecule has 0 fully saturated rings. The Morgan fingerprint density at radius 3 is 2.54 bits per heavy atom. The van der Waals surface area contributed by atoms with Gasteiger partial charge in [0, 0.05) is 12.2 Å². The van der Waals surface area contributed by atoms with E-state index in [4.69, 9.17) is 9.47 Å². The van der Waals surface area contributed by atoms with Gasteiger partial charge in [0.15, 0.2) is 0 Å². The highest BCUT2D eigenvalue weighted by molar-refractivity contribution is 5.74. The van der Waals surface area contributed by atoms with Crippen molar-refractivity contribution in [2.24, 2.45) is 0 Å². The number of hydrogen-bond acceptors (Lipinski definition) is 4. The number of ether oxygens (including phenoxy) is 2. The zero-order valence-electron chi connectivity index (χ0n) is 15.0. The number of aromatic nitrogens is 1. The first-order valence-electron chi connectivity index (χ1n) is 8.33. The molecule has 1 aromatic heterocycles. The van der Waals surface area contributed by atoms with E-state index in [1.54, 1.807) is 13.3 Å². The van der Waals surface area contributed by atoms with Crippen molar-refractivity contribution in [2.45, 2.75) is 13.3 Å². The van der Waals surface area contributed by atoms with Crippen molar-refractivity contribution in [1.29, 1.82) is 0 Å². The third-order valence-corrected chi connectivity index (χ3v) is 3.52. The van der Waals surface area contributed by atoms with Gasteiger partial charge in [-0.05, 0) is 43.2 Å². The number of urea groups is 1. The number of carbonyl (C=O) groups is 1. The Morgan fingerprint density at radius 1 is 1.08 bits per heavy atom. The summed E-state index contributed by atoms with van der Waals surface area (Å²) in [6.45, 7) is 2.99. The van der Waals surface area contributed by atoms with Crippen LogP contribution in [0.3, 0.4) is 0 Å². The van der Waals surface area contributed by atoms with Crippen LogP contribution in [0.25, 0.3) is 0 Å². The van der Waals surface area contributed by atoms with Crippen LogP contribution in [0.15, 0.2) is 42.6 Å². The molecule has 0 spiro atoms. The lowest BCUT2D eigenvalue weighted by Crippen LogP contribution is -2.36. The quantitative estimate of drug-likeness (QED) is 0.750. The van der Waals surface area contributed by atoms with Crippen molar-refractivity contribution in [3.8, 4) is 23.3 Å². The number of methoxy groups -OCH3 is 1. The molecule has 0 atom stereocenters. The van der Waals surface area contributed by atoms with Gasteiger partial charge in [-0.25, -0.2) is 4.79 Å². The summed E-state index contributed by atoms with van der Waals surface area (Å²) in [5.41, 5.74) is 2.07. The second kappa shape index (κ2) is 10.6. The van der Waals surface area contributed by atoms with Crippen molar-refractivity contribution in [3.63, 3.8) is 0 Å². The van der Waals surface area contributed by atoms with Crippen molar-refractivity contribution < 1.29 is 14.3 Å². The zero-order chi connectivity index (χ0) is 18.6. The van der Waals surface area contributed by atoms with Crippen LogP contribution in [0.5, 0.6) is 11.5 Å². The third-order valence-electron chi connectivity index (χ3n) is 3.52. The third kappa shape index (κ3) is 7.14. The summed E-state index contributed by atoms with van der Waals surface area (Å²) in [5, 5.41) is 5.47. The summed E-state index contributed by atoms with van der Waals surface area (Å²) >= 11 is 0. The number of nitrogens with one attached hydrogen (secondary N) is 2. The highest BCUT2D eigenvalue weighted by atomic mass is 16.5. The molecule has 1 heterocycles. The summed E-state index contributed by atoms with van der Waals surface area (Å²) in [7, 11) is 1.63. The summed E-state index contributed by atoms with van der Waals surface area (Å²) in [5.74, 6) is 7.17. The lowest BCUT2D eigenvalue weighted by molar-refractivity contribution is 0.242. The minimum atomic E-state index is -0.239. The van der Waals surface area contributed by atoms with Gasteiger partial charge in [0.25, 0.3) is 0 Å². The molecule has 2 aromatic rings. The molecule has 2 N–H and O–H groups in total. The molecule has 0 aliphatic heterocycles. The molecule has 6 nitrogen and oxygen atoms in total. The topological polar surface area (TPSA) is 72.5 Å². The number of aryl methyl sites for hydroxylation is 1. The lowest BCUT2D eigenvalue weighted by atomic mass is 10.1. The van der Waals surface area contributed by atoms with Gasteiger partial charge in [-0.15, -0.1) is 0 Å². The zero-order valence-corrected chi connectivity index (χ0v) is 15.0. The summed E-state index contributed by atoms with van der Waals surface area (Å²) < 4.78 is 10.5. The monoisotopic (exact) mass is 353 g/mol. The van der Waals surface area contributed by atoms with Gasteiger partial charge in [0.05, 0.1) is 19.9 Å². The highest BCUT2D eigenvalue weighted by Gasteiger charge is 1.99. The van der Waals surface area contributed by atoms with E-state index < -0.39 is 0 Å². The van der Waals surface area contributed by atoms with E-state index in [1.807, 2.05) is 43.3 Å². The molecule has 2 rings (SSSR count). The van der Waals surface area contributed by atoms with Crippen LogP contribution in [0.1, 0.15) is 11.3 Å². The van der Waals surface area contributed by atoms with E-state index in [9.17, 15) is 4.79 Å². The second-order valence-corrected chi connectivity index (χ2v) is 5.49. The molecule has 0 bridgehead atoms. The maximum atomic E-state index is 11.7. The molecule has 1 aromatic carbocycles. The van der Waals surface area contributed by atoms with E-state index in [2.05, 4.69) is 27.5 Å². The number of rotatable bonds is 7. The second-order valence-electron chi connectivity index (χ2n) is 5.49. The fourth-order valence-electron chi connectivity index (χ4n) is 2.07. The lowest BCUT2D eigenvalue weighted by Gasteiger charge is -2.06. The van der Waals surface area contributed by atoms with Crippen molar-refractivity contribution in [2.75, 3.05) is 26.8 Å². The minimum Gasteiger partial charge on any atom is -0.497 e. The predicted octanol–water partition coefficient (Wildman–Crippen LogP) is 2.32. The fourth-order valence-corrected chi connectivity index (χ4v) is 2.07. The van der Waals surface area contributed by atoms with Gasteiger partial charge < -0.3 is 20.1 Å². The smallest absolute Gasteiger partial charge is 0.315 e. The van der Waals surface area contributed by atoms with Crippen LogP contribution >= 0.6 is 0 Å². The van der Waals surface area contributed by atoms with E-state index >= 15 is 0 Å². The predicted molar refractivity (Wildman–Crippen MR) is 100 cm³/mol. The standard InChI is InChI=1S/C20H23N3O3/c1-16-5-8-19(15-23-16)26-14-4-3-12-21-20(24)22-13-11-17-6-9-18(25-2)10-7-17/h5-10,15H,11-14H2,1-2H3,(H2,21,22,24). The highest BCUT2D eigenvalue weighted by Crippen LogP contribution is 2.11. The van der Waals surface area contributed by atoms with Crippen LogP contribution in [-0.4, -0.2) is 37.8 Å². The van der Waals surface area contributed by atoms with Crippen LogP contribution in [-0.2, 0) is 6.42 Å². The van der Waals surface area contributed by atoms with Gasteiger partial charge in [0.2, 0.25) is 0 Å². The molecule has 136 valence electrons. The van der Waals surface area contributed by atoms with E-state index in [0.29, 0.717) is 12.3 Å². The molecule has 0 radical (unpaired) electrons. The molecule has 6 heteroatoms. The first-order chi connectivity index (χ1) is 12.7. The van der Waals surface area contributed by atoms with Crippen LogP contribution < -0.4 is 20.1 Å². The molecule has 0 saturated heterocycles. The molecule has 0 unspecified atom stereocenters. The molecule has 0 saturated carbocycles. The van der Waals surface area contributed by atoms with Crippen LogP contribution in [0.4, 0.5) is 4.79 Å². The van der Waals surface area contributed by atoms with Crippen molar-refractivity contribution >= 4 is 6.03 Å². The first-order valence-corrected chi connectivity index (χ1v) is 8.33. The summed E-state index contributed by atoms with van der Waals surface area (Å²) in [4.78, 5) is 15.8. The van der Waals surface area contributed by atoms with E-state index in [-0.39, 0.29) is 19.2 Å².